The second-order valence-electron chi connectivity index (χ2n) is 4.56. The highest BCUT2D eigenvalue weighted by Crippen LogP contribution is 2.28. The Balaban J connectivity index is 2.34. The van der Waals surface area contributed by atoms with Gasteiger partial charge in [-0.1, -0.05) is 13.0 Å². The summed E-state index contributed by atoms with van der Waals surface area (Å²) in [5.41, 5.74) is 0.376. The minimum atomic E-state index is -0.329. The Morgan fingerprint density at radius 2 is 1.95 bits per heavy atom. The predicted molar refractivity (Wildman–Crippen MR) is 87.6 cm³/mol. The molecule has 0 radical (unpaired) electrons. The van der Waals surface area contributed by atoms with Crippen LogP contribution in [0.2, 0.25) is 0 Å². The van der Waals surface area contributed by atoms with Gasteiger partial charge in [-0.25, -0.2) is 14.4 Å². The molecule has 1 heterocycles. The average molecular weight is 353 g/mol. The molecule has 6 heteroatoms. The lowest BCUT2D eigenvalue weighted by atomic mass is 10.3. The standard InChI is InChI=1S/C15H18BrFN4/c1-3-6-12-19-13(18-4-2)9-14(20-12)21-15-10(16)7-5-8-11(15)17/h5,7-9H,3-4,6H2,1-2H3,(H2,18,19,20,21). The Kier molecular flexibility index (Phi) is 5.50. The highest BCUT2D eigenvalue weighted by atomic mass is 79.9. The normalized spacial score (nSPS) is 10.5. The fourth-order valence-electron chi connectivity index (χ4n) is 1.91. The van der Waals surface area contributed by atoms with E-state index < -0.39 is 0 Å². The largest absolute Gasteiger partial charge is 0.370 e. The van der Waals surface area contributed by atoms with Crippen LogP contribution in [-0.4, -0.2) is 16.5 Å². The molecule has 112 valence electrons. The maximum absolute atomic E-state index is 13.9. The molecule has 1 aromatic carbocycles. The molecule has 0 aliphatic rings. The Labute approximate surface area is 132 Å². The van der Waals surface area contributed by atoms with Crippen LogP contribution in [0.1, 0.15) is 26.1 Å². The van der Waals surface area contributed by atoms with E-state index in [0.29, 0.717) is 16.0 Å². The quantitative estimate of drug-likeness (QED) is 0.803. The lowest BCUT2D eigenvalue weighted by Crippen LogP contribution is -2.06. The molecule has 0 aliphatic carbocycles. The molecular formula is C15H18BrFN4. The third-order valence-corrected chi connectivity index (χ3v) is 3.48. The van der Waals surface area contributed by atoms with E-state index in [4.69, 9.17) is 0 Å². The predicted octanol–water partition coefficient (Wildman–Crippen LogP) is 4.51. The Bertz CT molecular complexity index is 574. The molecule has 0 spiro atoms. The van der Waals surface area contributed by atoms with E-state index in [-0.39, 0.29) is 5.82 Å². The van der Waals surface area contributed by atoms with Crippen LogP contribution in [0.3, 0.4) is 0 Å². The Morgan fingerprint density at radius 3 is 2.62 bits per heavy atom. The van der Waals surface area contributed by atoms with Crippen molar-refractivity contribution in [2.45, 2.75) is 26.7 Å². The van der Waals surface area contributed by atoms with Gasteiger partial charge in [0.15, 0.2) is 0 Å². The molecule has 0 amide bonds. The van der Waals surface area contributed by atoms with Crippen molar-refractivity contribution in [2.24, 2.45) is 0 Å². The van der Waals surface area contributed by atoms with Gasteiger partial charge < -0.3 is 10.6 Å². The van der Waals surface area contributed by atoms with Crippen molar-refractivity contribution in [1.29, 1.82) is 0 Å². The molecule has 0 bridgehead atoms. The van der Waals surface area contributed by atoms with E-state index in [2.05, 4.69) is 43.5 Å². The zero-order valence-electron chi connectivity index (χ0n) is 12.1. The summed E-state index contributed by atoms with van der Waals surface area (Å²) in [6.45, 7) is 4.84. The minimum Gasteiger partial charge on any atom is -0.370 e. The summed E-state index contributed by atoms with van der Waals surface area (Å²) >= 11 is 3.34. The van der Waals surface area contributed by atoms with Gasteiger partial charge in [0.05, 0.1) is 5.69 Å². The fraction of sp³-hybridized carbons (Fsp3) is 0.333. The molecular weight excluding hydrogens is 335 g/mol. The topological polar surface area (TPSA) is 49.8 Å². The first-order valence-electron chi connectivity index (χ1n) is 6.97. The van der Waals surface area contributed by atoms with E-state index in [1.165, 1.54) is 6.07 Å². The van der Waals surface area contributed by atoms with Crippen LogP contribution in [0, 0.1) is 5.82 Å². The van der Waals surface area contributed by atoms with Crippen molar-refractivity contribution in [1.82, 2.24) is 9.97 Å². The van der Waals surface area contributed by atoms with Crippen LogP contribution in [-0.2, 0) is 6.42 Å². The maximum Gasteiger partial charge on any atom is 0.147 e. The lowest BCUT2D eigenvalue weighted by Gasteiger charge is -2.12. The first kappa shape index (κ1) is 15.7. The smallest absolute Gasteiger partial charge is 0.147 e. The SMILES string of the molecule is CCCc1nc(NCC)cc(Nc2c(F)cccc2Br)n1. The minimum absolute atomic E-state index is 0.329. The third-order valence-electron chi connectivity index (χ3n) is 2.82. The van der Waals surface area contributed by atoms with Crippen LogP contribution in [0.15, 0.2) is 28.7 Å². The van der Waals surface area contributed by atoms with Gasteiger partial charge >= 0.3 is 0 Å². The van der Waals surface area contributed by atoms with E-state index >= 15 is 0 Å². The van der Waals surface area contributed by atoms with Crippen LogP contribution in [0.5, 0.6) is 0 Å². The Morgan fingerprint density at radius 1 is 1.19 bits per heavy atom. The number of anilines is 3. The maximum atomic E-state index is 13.9. The van der Waals surface area contributed by atoms with Crippen molar-refractivity contribution in [3.05, 3.63) is 40.4 Å². The van der Waals surface area contributed by atoms with Gasteiger partial charge in [-0.15, -0.1) is 0 Å². The number of aromatic nitrogens is 2. The molecule has 1 aromatic heterocycles. The Hall–Kier alpha value is -1.69. The first-order chi connectivity index (χ1) is 10.1. The molecule has 21 heavy (non-hydrogen) atoms. The van der Waals surface area contributed by atoms with Gasteiger partial charge in [0.1, 0.15) is 23.3 Å². The number of aryl methyl sites for hydroxylation is 1. The number of para-hydroxylation sites is 1. The van der Waals surface area contributed by atoms with E-state index in [0.717, 1.165) is 31.0 Å². The number of benzene rings is 1. The second-order valence-corrected chi connectivity index (χ2v) is 5.41. The van der Waals surface area contributed by atoms with Gasteiger partial charge in [0.2, 0.25) is 0 Å². The van der Waals surface area contributed by atoms with Crippen molar-refractivity contribution in [3.8, 4) is 0 Å². The number of nitrogens with one attached hydrogen (secondary N) is 2. The molecule has 4 nitrogen and oxygen atoms in total. The van der Waals surface area contributed by atoms with Crippen LogP contribution in [0.4, 0.5) is 21.7 Å². The van der Waals surface area contributed by atoms with E-state index in [1.807, 2.05) is 6.92 Å². The third kappa shape index (κ3) is 4.14. The summed E-state index contributed by atoms with van der Waals surface area (Å²) in [5, 5.41) is 6.19. The number of nitrogens with zero attached hydrogens (tertiary/aromatic N) is 2. The van der Waals surface area contributed by atoms with Gasteiger partial charge in [-0.2, -0.15) is 0 Å². The van der Waals surface area contributed by atoms with Gasteiger partial charge in [0, 0.05) is 23.5 Å². The number of hydrogen-bond acceptors (Lipinski definition) is 4. The number of halogens is 2. The first-order valence-corrected chi connectivity index (χ1v) is 7.76. The zero-order chi connectivity index (χ0) is 15.2. The molecule has 0 atom stereocenters. The second kappa shape index (κ2) is 7.36. The highest BCUT2D eigenvalue weighted by molar-refractivity contribution is 9.10. The molecule has 0 fully saturated rings. The van der Waals surface area contributed by atoms with Crippen LogP contribution < -0.4 is 10.6 Å². The summed E-state index contributed by atoms with van der Waals surface area (Å²) in [5.74, 6) is 1.73. The summed E-state index contributed by atoms with van der Waals surface area (Å²) in [4.78, 5) is 8.86. The highest BCUT2D eigenvalue weighted by Gasteiger charge is 2.09. The van der Waals surface area contributed by atoms with E-state index in [9.17, 15) is 4.39 Å². The summed E-state index contributed by atoms with van der Waals surface area (Å²) in [6.07, 6.45) is 1.74. The monoisotopic (exact) mass is 352 g/mol. The number of rotatable bonds is 6. The summed E-state index contributed by atoms with van der Waals surface area (Å²) in [6, 6.07) is 6.62. The molecule has 2 N–H and O–H groups in total. The number of hydrogen-bond donors (Lipinski definition) is 2. The van der Waals surface area contributed by atoms with Crippen molar-refractivity contribution in [2.75, 3.05) is 17.2 Å². The molecule has 0 unspecified atom stereocenters. The van der Waals surface area contributed by atoms with Gasteiger partial charge in [-0.05, 0) is 41.4 Å². The van der Waals surface area contributed by atoms with Crippen molar-refractivity contribution in [3.63, 3.8) is 0 Å². The van der Waals surface area contributed by atoms with E-state index in [1.54, 1.807) is 18.2 Å². The molecule has 2 aromatic rings. The van der Waals surface area contributed by atoms with Gasteiger partial charge in [-0.3, -0.25) is 0 Å². The fourth-order valence-corrected chi connectivity index (χ4v) is 2.35. The molecule has 2 rings (SSSR count). The van der Waals surface area contributed by atoms with Crippen molar-refractivity contribution >= 4 is 33.3 Å². The lowest BCUT2D eigenvalue weighted by molar-refractivity contribution is 0.631. The molecule has 0 aliphatic heterocycles. The zero-order valence-corrected chi connectivity index (χ0v) is 13.7. The average Bonchev–Trinajstić information content (AvgIpc) is 2.44. The van der Waals surface area contributed by atoms with Crippen LogP contribution >= 0.6 is 15.9 Å². The van der Waals surface area contributed by atoms with Crippen molar-refractivity contribution < 1.29 is 4.39 Å². The molecule has 0 saturated heterocycles. The van der Waals surface area contributed by atoms with Crippen LogP contribution in [0.25, 0.3) is 0 Å². The summed E-state index contributed by atoms with van der Waals surface area (Å²) in [7, 11) is 0. The molecule has 0 saturated carbocycles. The summed E-state index contributed by atoms with van der Waals surface area (Å²) < 4.78 is 14.5. The van der Waals surface area contributed by atoms with Gasteiger partial charge in [0.25, 0.3) is 0 Å².